The van der Waals surface area contributed by atoms with Crippen LogP contribution in [0.25, 0.3) is 0 Å². The number of carbonyl (C=O) groups excluding carboxylic acids is 2. The van der Waals surface area contributed by atoms with Crippen molar-refractivity contribution in [2.45, 2.75) is 32.7 Å². The van der Waals surface area contributed by atoms with Crippen LogP contribution in [0.15, 0.2) is 23.8 Å². The van der Waals surface area contributed by atoms with E-state index in [1.165, 1.54) is 6.92 Å². The molecular weight excluding hydrogens is 206 g/mol. The van der Waals surface area contributed by atoms with Crippen LogP contribution in [0.2, 0.25) is 0 Å². The highest BCUT2D eigenvalue weighted by Gasteiger charge is 2.24. The number of hydrogen-bond acceptors (Lipinski definition) is 3. The van der Waals surface area contributed by atoms with Crippen LogP contribution in [0, 0.1) is 0 Å². The highest BCUT2D eigenvalue weighted by Crippen LogP contribution is 2.16. The molecule has 1 atom stereocenters. The molecule has 1 N–H and O–H groups in total. The second kappa shape index (κ2) is 6.10. The van der Waals surface area contributed by atoms with Crippen molar-refractivity contribution < 1.29 is 14.3 Å². The van der Waals surface area contributed by atoms with E-state index in [0.29, 0.717) is 13.0 Å². The van der Waals surface area contributed by atoms with E-state index < -0.39 is 6.04 Å². The highest BCUT2D eigenvalue weighted by atomic mass is 16.5. The fourth-order valence-electron chi connectivity index (χ4n) is 1.59. The van der Waals surface area contributed by atoms with Crippen LogP contribution in [0.3, 0.4) is 0 Å². The van der Waals surface area contributed by atoms with Gasteiger partial charge in [-0.3, -0.25) is 4.79 Å². The standard InChI is InChI=1S/C12H17NO3/c1-3-16-12(15)11(13-9(2)14)10-7-5-4-6-8-10/h4-5,8,11H,3,6-7H2,1-2H3,(H,13,14)/t11-/m1/s1. The quantitative estimate of drug-likeness (QED) is 0.578. The van der Waals surface area contributed by atoms with Gasteiger partial charge in [-0.2, -0.15) is 0 Å². The summed E-state index contributed by atoms with van der Waals surface area (Å²) in [5.74, 6) is -0.618. The number of hydrogen-bond donors (Lipinski definition) is 1. The summed E-state index contributed by atoms with van der Waals surface area (Å²) in [5.41, 5.74) is 0.899. The van der Waals surface area contributed by atoms with Crippen molar-refractivity contribution in [3.63, 3.8) is 0 Å². The summed E-state index contributed by atoms with van der Waals surface area (Å²) in [6.07, 6.45) is 7.45. The molecule has 4 heteroatoms. The minimum absolute atomic E-state index is 0.228. The highest BCUT2D eigenvalue weighted by molar-refractivity contribution is 5.86. The van der Waals surface area contributed by atoms with Crippen LogP contribution in [0.5, 0.6) is 0 Å². The minimum Gasteiger partial charge on any atom is -0.464 e. The fourth-order valence-corrected chi connectivity index (χ4v) is 1.59. The molecule has 0 aromatic heterocycles. The molecule has 0 saturated heterocycles. The van der Waals surface area contributed by atoms with Gasteiger partial charge in [0.1, 0.15) is 6.04 Å². The Morgan fingerprint density at radius 3 is 2.75 bits per heavy atom. The predicted octanol–water partition coefficient (Wildman–Crippen LogP) is 1.33. The molecule has 0 unspecified atom stereocenters. The van der Waals surface area contributed by atoms with E-state index in [2.05, 4.69) is 5.32 Å². The molecule has 16 heavy (non-hydrogen) atoms. The van der Waals surface area contributed by atoms with Gasteiger partial charge in [-0.15, -0.1) is 0 Å². The third kappa shape index (κ3) is 3.53. The molecule has 1 rings (SSSR count). The Kier molecular flexibility index (Phi) is 4.76. The summed E-state index contributed by atoms with van der Waals surface area (Å²) >= 11 is 0. The molecule has 0 saturated carbocycles. The monoisotopic (exact) mass is 223 g/mol. The van der Waals surface area contributed by atoms with Crippen LogP contribution in [-0.2, 0) is 14.3 Å². The molecular formula is C12H17NO3. The zero-order valence-electron chi connectivity index (χ0n) is 9.66. The first kappa shape index (κ1) is 12.5. The lowest BCUT2D eigenvalue weighted by molar-refractivity contribution is -0.146. The molecule has 0 aromatic carbocycles. The number of esters is 1. The Morgan fingerprint density at radius 1 is 1.50 bits per heavy atom. The molecule has 1 amide bonds. The van der Waals surface area contributed by atoms with E-state index in [9.17, 15) is 9.59 Å². The zero-order valence-corrected chi connectivity index (χ0v) is 9.66. The van der Waals surface area contributed by atoms with Crippen molar-refractivity contribution in [1.29, 1.82) is 0 Å². The number of amides is 1. The number of allylic oxidation sites excluding steroid dienone is 3. The van der Waals surface area contributed by atoms with Gasteiger partial charge in [0.15, 0.2) is 0 Å². The molecule has 0 heterocycles. The maximum Gasteiger partial charge on any atom is 0.332 e. The average molecular weight is 223 g/mol. The molecule has 0 spiro atoms. The van der Waals surface area contributed by atoms with Crippen LogP contribution in [0.4, 0.5) is 0 Å². The molecule has 1 aliphatic carbocycles. The number of rotatable bonds is 4. The molecule has 0 bridgehead atoms. The van der Waals surface area contributed by atoms with Crippen LogP contribution < -0.4 is 5.32 Å². The summed E-state index contributed by atoms with van der Waals surface area (Å²) < 4.78 is 4.94. The van der Waals surface area contributed by atoms with Gasteiger partial charge in [-0.1, -0.05) is 18.2 Å². The summed E-state index contributed by atoms with van der Waals surface area (Å²) in [6.45, 7) is 3.46. The summed E-state index contributed by atoms with van der Waals surface area (Å²) in [6, 6.07) is -0.637. The van der Waals surface area contributed by atoms with E-state index in [1.807, 2.05) is 18.2 Å². The first-order valence-electron chi connectivity index (χ1n) is 5.42. The maximum atomic E-state index is 11.7. The molecule has 4 nitrogen and oxygen atoms in total. The van der Waals surface area contributed by atoms with Gasteiger partial charge in [0.2, 0.25) is 5.91 Å². The first-order valence-corrected chi connectivity index (χ1v) is 5.42. The van der Waals surface area contributed by atoms with Crippen LogP contribution in [-0.4, -0.2) is 24.5 Å². The van der Waals surface area contributed by atoms with Gasteiger partial charge in [-0.05, 0) is 25.3 Å². The molecule has 1 aliphatic rings. The van der Waals surface area contributed by atoms with Gasteiger partial charge in [0.05, 0.1) is 6.61 Å². The number of carbonyl (C=O) groups is 2. The Morgan fingerprint density at radius 2 is 2.25 bits per heavy atom. The zero-order chi connectivity index (χ0) is 12.0. The first-order chi connectivity index (χ1) is 7.65. The Balaban J connectivity index is 2.73. The lowest BCUT2D eigenvalue weighted by atomic mass is 9.98. The van der Waals surface area contributed by atoms with Gasteiger partial charge >= 0.3 is 5.97 Å². The van der Waals surface area contributed by atoms with E-state index >= 15 is 0 Å². The lowest BCUT2D eigenvalue weighted by Crippen LogP contribution is -2.42. The fraction of sp³-hybridized carbons (Fsp3) is 0.500. The Hall–Kier alpha value is -1.58. The third-order valence-electron chi connectivity index (χ3n) is 2.28. The van der Waals surface area contributed by atoms with E-state index in [4.69, 9.17) is 4.74 Å². The predicted molar refractivity (Wildman–Crippen MR) is 60.7 cm³/mol. The largest absolute Gasteiger partial charge is 0.464 e. The molecule has 0 aromatic rings. The maximum absolute atomic E-state index is 11.7. The third-order valence-corrected chi connectivity index (χ3v) is 2.28. The normalized spacial score (nSPS) is 16.2. The van der Waals surface area contributed by atoms with Crippen molar-refractivity contribution in [2.24, 2.45) is 0 Å². The van der Waals surface area contributed by atoms with E-state index in [-0.39, 0.29) is 11.9 Å². The minimum atomic E-state index is -0.637. The number of ether oxygens (including phenoxy) is 1. The second-order valence-corrected chi connectivity index (χ2v) is 3.58. The van der Waals surface area contributed by atoms with Crippen LogP contribution in [0.1, 0.15) is 26.7 Å². The van der Waals surface area contributed by atoms with Gasteiger partial charge in [-0.25, -0.2) is 4.79 Å². The number of nitrogens with one attached hydrogen (secondary N) is 1. The van der Waals surface area contributed by atoms with Crippen molar-refractivity contribution in [3.8, 4) is 0 Å². The molecule has 88 valence electrons. The lowest BCUT2D eigenvalue weighted by Gasteiger charge is -2.20. The molecule has 0 aliphatic heterocycles. The van der Waals surface area contributed by atoms with Crippen molar-refractivity contribution in [1.82, 2.24) is 5.32 Å². The van der Waals surface area contributed by atoms with E-state index in [1.54, 1.807) is 6.92 Å². The van der Waals surface area contributed by atoms with Crippen molar-refractivity contribution in [3.05, 3.63) is 23.8 Å². The van der Waals surface area contributed by atoms with E-state index in [0.717, 1.165) is 12.0 Å². The van der Waals surface area contributed by atoms with Gasteiger partial charge in [0, 0.05) is 6.92 Å². The topological polar surface area (TPSA) is 55.4 Å². The average Bonchev–Trinajstić information content (AvgIpc) is 2.27. The summed E-state index contributed by atoms with van der Waals surface area (Å²) in [5, 5.41) is 2.62. The van der Waals surface area contributed by atoms with Gasteiger partial charge < -0.3 is 10.1 Å². The molecule has 0 fully saturated rings. The smallest absolute Gasteiger partial charge is 0.332 e. The Bertz CT molecular complexity index is 331. The summed E-state index contributed by atoms with van der Waals surface area (Å²) in [7, 11) is 0. The molecule has 0 radical (unpaired) electrons. The second-order valence-electron chi connectivity index (χ2n) is 3.58. The summed E-state index contributed by atoms with van der Waals surface area (Å²) in [4.78, 5) is 22.7. The van der Waals surface area contributed by atoms with Crippen molar-refractivity contribution >= 4 is 11.9 Å². The Labute approximate surface area is 95.4 Å². The SMILES string of the molecule is CCOC(=O)[C@H](NC(C)=O)C1=CCC=CC1. The van der Waals surface area contributed by atoms with Crippen molar-refractivity contribution in [2.75, 3.05) is 6.61 Å². The van der Waals surface area contributed by atoms with Gasteiger partial charge in [0.25, 0.3) is 0 Å². The van der Waals surface area contributed by atoms with Crippen LogP contribution >= 0.6 is 0 Å².